The summed E-state index contributed by atoms with van der Waals surface area (Å²) in [4.78, 5) is 0. The second-order valence-electron chi connectivity index (χ2n) is 42.8. The third-order valence-electron chi connectivity index (χ3n) is 24.9. The molecular formula is C130H194F2N13+13. The van der Waals surface area contributed by atoms with E-state index >= 15 is 0 Å². The van der Waals surface area contributed by atoms with Crippen LogP contribution in [-0.2, 0) is 5.41 Å². The van der Waals surface area contributed by atoms with Crippen molar-refractivity contribution in [3.63, 3.8) is 0 Å². The summed E-state index contributed by atoms with van der Waals surface area (Å²) in [6, 6.07) is 78.5. The van der Waals surface area contributed by atoms with Crippen molar-refractivity contribution in [2.75, 3.05) is 0 Å². The van der Waals surface area contributed by atoms with Crippen LogP contribution < -0.4 is 59.4 Å². The van der Waals surface area contributed by atoms with Crippen molar-refractivity contribution in [1.29, 1.82) is 0 Å². The lowest BCUT2D eigenvalue weighted by Gasteiger charge is -2.17. The van der Waals surface area contributed by atoms with Gasteiger partial charge in [0.15, 0.2) is 218 Å². The maximum Gasteiger partial charge on any atom is 0.362 e. The number of nitrogens with zero attached hydrogens (tertiary/aromatic N) is 13. The van der Waals surface area contributed by atoms with Crippen LogP contribution in [0, 0.1) is 109 Å². The molecule has 15 heteroatoms. The SMILES string of the molecule is CC(C)[n+]1c(F)cccc1F.CC(C)[n+]1ccc(C(C)(C)C)cc1.CC(C)[n+]1ccc2ccccc2c1.CC(C)[n+]1cccc2ccccc21.CC(C)[n+]1ccccc1.Cc1cc(C)[n+](C(C)C)c(C)c1.Cc1cc[n+](C(C)C)c(C)c1C.Cc1cc[n+](C(C)C)cc1.Cc1cc[n+](C(C)C)cc1.Cc1cc[n+](C(C)C)cc1.Cc1cc[n+](C(C)C)cc1.Cc1ccc[n+](C(C)C)c1C.Cc1cccc(C)[n+]1C(C)C. The van der Waals surface area contributed by atoms with Gasteiger partial charge in [-0.15, -0.1) is 13.3 Å². The van der Waals surface area contributed by atoms with Gasteiger partial charge in [-0.1, -0.05) is 57.2 Å². The number of hydrogen-bond acceptors (Lipinski definition) is 0. The zero-order valence-electron chi connectivity index (χ0n) is 98.1. The third-order valence-corrected chi connectivity index (χ3v) is 24.9. The van der Waals surface area contributed by atoms with Gasteiger partial charge in [0.1, 0.15) is 0 Å². The van der Waals surface area contributed by atoms with Crippen LogP contribution in [0.4, 0.5) is 8.78 Å². The van der Waals surface area contributed by atoms with E-state index in [1.54, 1.807) is 13.8 Å². The molecule has 13 aromatic heterocycles. The van der Waals surface area contributed by atoms with Gasteiger partial charge in [-0.25, -0.2) is 41.1 Å². The Kier molecular flexibility index (Phi) is 56.5. The molecule has 0 aliphatic heterocycles. The molecule has 13 nitrogen and oxygen atoms in total. The predicted molar refractivity (Wildman–Crippen MR) is 601 cm³/mol. The molecular weight excluding hydrogens is 1780 g/mol. The zero-order chi connectivity index (χ0) is 109. The van der Waals surface area contributed by atoms with Gasteiger partial charge in [0.05, 0.1) is 0 Å². The highest BCUT2D eigenvalue weighted by atomic mass is 19.1. The molecule has 0 unspecified atom stereocenters. The van der Waals surface area contributed by atoms with E-state index in [4.69, 9.17) is 0 Å². The number of halogens is 2. The topological polar surface area (TPSA) is 50.4 Å². The Morgan fingerprint density at radius 2 is 0.517 bits per heavy atom. The fourth-order valence-electron chi connectivity index (χ4n) is 15.8. The summed E-state index contributed by atoms with van der Waals surface area (Å²) in [6.45, 7) is 92.8. The molecule has 145 heavy (non-hydrogen) atoms. The number of benzene rings is 2. The van der Waals surface area contributed by atoms with E-state index in [-0.39, 0.29) is 11.5 Å². The summed E-state index contributed by atoms with van der Waals surface area (Å²) in [5.41, 5.74) is 21.8. The second kappa shape index (κ2) is 64.6. The van der Waals surface area contributed by atoms with Crippen molar-refractivity contribution in [1.82, 2.24) is 0 Å². The highest BCUT2D eigenvalue weighted by Crippen LogP contribution is 2.21. The van der Waals surface area contributed by atoms with Gasteiger partial charge in [-0.2, -0.15) is 13.7 Å². The number of pyridine rings is 13. The quantitative estimate of drug-likeness (QED) is 0.0816. The number of aryl methyl sites for hydroxylation is 11. The van der Waals surface area contributed by atoms with Gasteiger partial charge in [-0.05, 0) is 322 Å². The molecule has 0 saturated heterocycles. The van der Waals surface area contributed by atoms with Gasteiger partial charge in [0, 0.05) is 203 Å². The van der Waals surface area contributed by atoms with Crippen molar-refractivity contribution in [3.05, 3.63) is 414 Å². The molecule has 0 atom stereocenters. The highest BCUT2D eigenvalue weighted by Gasteiger charge is 2.22. The van der Waals surface area contributed by atoms with Gasteiger partial charge in [0.25, 0.3) is 0 Å². The number of para-hydroxylation sites is 1. The Bertz CT molecular complexity index is 5860. The van der Waals surface area contributed by atoms with Crippen molar-refractivity contribution >= 4 is 21.7 Å². The largest absolute Gasteiger partial charge is 0.362 e. The molecule has 0 bridgehead atoms. The van der Waals surface area contributed by atoms with Gasteiger partial charge >= 0.3 is 11.9 Å². The van der Waals surface area contributed by atoms with E-state index in [0.29, 0.717) is 72.5 Å². The average Bonchev–Trinajstić information content (AvgIpc) is 0.817. The number of aromatic nitrogens is 13. The third kappa shape index (κ3) is 45.9. The number of rotatable bonds is 13. The summed E-state index contributed by atoms with van der Waals surface area (Å²) >= 11 is 0. The van der Waals surface area contributed by atoms with Crippen LogP contribution in [0.5, 0.6) is 0 Å². The highest BCUT2D eigenvalue weighted by molar-refractivity contribution is 5.80. The monoisotopic (exact) mass is 1980 g/mol. The molecule has 15 aromatic rings. The van der Waals surface area contributed by atoms with Crippen molar-refractivity contribution in [2.24, 2.45) is 0 Å². The molecule has 780 valence electrons. The zero-order valence-corrected chi connectivity index (χ0v) is 98.1. The summed E-state index contributed by atoms with van der Waals surface area (Å²) in [5, 5.41) is 3.91. The fourth-order valence-corrected chi connectivity index (χ4v) is 15.8. The van der Waals surface area contributed by atoms with E-state index in [0.717, 1.165) is 4.57 Å². The average molecular weight is 1980 g/mol. The Labute approximate surface area is 879 Å². The lowest BCUT2D eigenvalue weighted by Crippen LogP contribution is -2.43. The van der Waals surface area contributed by atoms with E-state index < -0.39 is 11.9 Å². The van der Waals surface area contributed by atoms with Crippen LogP contribution in [0.3, 0.4) is 0 Å². The Balaban J connectivity index is 0.000000404. The normalized spacial score (nSPS) is 10.8. The van der Waals surface area contributed by atoms with Crippen LogP contribution >= 0.6 is 0 Å². The molecule has 13 heterocycles. The fraction of sp³-hybridized carbons (Fsp3) is 0.438. The molecule has 0 spiro atoms. The summed E-state index contributed by atoms with van der Waals surface area (Å²) in [7, 11) is 0. The van der Waals surface area contributed by atoms with Gasteiger partial charge in [-0.3, -0.25) is 0 Å². The van der Waals surface area contributed by atoms with Crippen LogP contribution in [0.2, 0.25) is 0 Å². The molecule has 0 amide bonds. The van der Waals surface area contributed by atoms with Crippen LogP contribution in [-0.4, -0.2) is 0 Å². The first-order valence-electron chi connectivity index (χ1n) is 52.9. The first kappa shape index (κ1) is 127. The van der Waals surface area contributed by atoms with Crippen LogP contribution in [0.25, 0.3) is 21.7 Å². The molecule has 0 radical (unpaired) electrons. The smallest absolute Gasteiger partial charge is 0.203 e. The Hall–Kier alpha value is -12.2. The van der Waals surface area contributed by atoms with E-state index in [1.807, 2.05) is 18.2 Å². The summed E-state index contributed by atoms with van der Waals surface area (Å²) < 4.78 is 53.6. The molecule has 0 N–H and O–H groups in total. The van der Waals surface area contributed by atoms with Crippen molar-refractivity contribution < 1.29 is 68.2 Å². The van der Waals surface area contributed by atoms with Crippen LogP contribution in [0.1, 0.15) is 364 Å². The van der Waals surface area contributed by atoms with Gasteiger partial charge < -0.3 is 0 Å². The maximum absolute atomic E-state index is 12.8. The Morgan fingerprint density at radius 1 is 0.207 bits per heavy atom. The van der Waals surface area contributed by atoms with E-state index in [9.17, 15) is 8.78 Å². The van der Waals surface area contributed by atoms with Crippen LogP contribution in [0.15, 0.2) is 318 Å². The van der Waals surface area contributed by atoms with Gasteiger partial charge in [0.2, 0.25) is 5.52 Å². The van der Waals surface area contributed by atoms with E-state index in [2.05, 4.69) is 620 Å². The molecule has 0 fully saturated rings. The minimum absolute atomic E-state index is 0.184. The second-order valence-corrected chi connectivity index (χ2v) is 42.8. The molecule has 2 aromatic carbocycles. The summed E-state index contributed by atoms with van der Waals surface area (Å²) in [6.07, 6.45) is 36.1. The minimum atomic E-state index is -0.542. The first-order valence-corrected chi connectivity index (χ1v) is 52.9. The Morgan fingerprint density at radius 3 is 0.855 bits per heavy atom. The van der Waals surface area contributed by atoms with Crippen molar-refractivity contribution in [3.8, 4) is 0 Å². The standard InChI is InChI=1S/2C12H14N.C12H20N.2C11H18N.2C10H16N.4C9H14N.C8H10F2N.C8H12N/c1-10(2)13-9-5-7-11-6-3-4-8-12(11)13;1-10(2)13-8-7-11-5-3-4-6-12(11)9-13;1-10(2)13-8-6-11(7-9-13)12(3,4)5;1-8(2)12-10(4)6-9(3)7-11(12)5;1-8(2)12-7-6-9(3)10(4)11(12)5;1-8(2)11-7-5-6-9(3)10(11)4;1-8(2)11-9(3)6-5-7-10(11)4;4*1-8(2)10-6-4-9(3)5-7-10;1-6(2)11-7(9)4-3-5-8(11)10;1-8(2)9-6-4-3-5-7-9/h2*3-10H,1-2H3;6-10H,1-5H3;2*6-8H,1-5H3;2*5-8H,1-4H3;4*4-8H,1-3H3;3-6H,1-2H3;3-8H,1-2H3/q13*+1. The molecule has 0 aliphatic carbocycles. The molecule has 0 saturated carbocycles. The molecule has 15 rings (SSSR count). The summed E-state index contributed by atoms with van der Waals surface area (Å²) in [5.74, 6) is -1.08. The molecule has 0 aliphatic rings. The van der Waals surface area contributed by atoms with Crippen molar-refractivity contribution in [2.45, 2.75) is 382 Å². The lowest BCUT2D eigenvalue weighted by atomic mass is 9.88. The minimum Gasteiger partial charge on any atom is -0.203 e. The lowest BCUT2D eigenvalue weighted by molar-refractivity contribution is -0.766. The van der Waals surface area contributed by atoms with E-state index in [1.165, 1.54) is 124 Å². The predicted octanol–water partition coefficient (Wildman–Crippen LogP) is 28.4. The number of hydrogen-bond donors (Lipinski definition) is 0. The maximum atomic E-state index is 12.8. The number of fused-ring (bicyclic) bond motifs is 2. The first-order chi connectivity index (χ1) is 68.0.